The molecule has 0 aliphatic heterocycles. The van der Waals surface area contributed by atoms with E-state index in [1.165, 1.54) is 25.3 Å². The van der Waals surface area contributed by atoms with Gasteiger partial charge in [-0.1, -0.05) is 50.1 Å². The van der Waals surface area contributed by atoms with Gasteiger partial charge in [-0.3, -0.25) is 0 Å². The second kappa shape index (κ2) is 5.36. The molecule has 0 saturated carbocycles. The fourth-order valence-electron chi connectivity index (χ4n) is 1.47. The first-order valence-corrected chi connectivity index (χ1v) is 6.58. The molecule has 0 N–H and O–H groups in total. The zero-order valence-electron chi connectivity index (χ0n) is 7.42. The second-order valence-electron chi connectivity index (χ2n) is 3.25. The highest BCUT2D eigenvalue weighted by Crippen LogP contribution is 2.15. The Morgan fingerprint density at radius 3 is 2.73 bits per heavy atom. The summed E-state index contributed by atoms with van der Waals surface area (Å²) in [5, 5.41) is 0. The molecular weight excluding hydrogens is 148 g/mol. The first-order chi connectivity index (χ1) is 5.43. The molecule has 0 heterocycles. The van der Waals surface area contributed by atoms with E-state index in [9.17, 15) is 0 Å². The molecule has 1 heteroatoms. The average molecular weight is 166 g/mol. The van der Waals surface area contributed by atoms with Crippen molar-refractivity contribution in [2.45, 2.75) is 37.8 Å². The van der Waals surface area contributed by atoms with E-state index in [0.717, 1.165) is 5.54 Å². The van der Waals surface area contributed by atoms with Crippen molar-refractivity contribution in [2.24, 2.45) is 0 Å². The van der Waals surface area contributed by atoms with Gasteiger partial charge in [-0.15, -0.1) is 0 Å². The highest BCUT2D eigenvalue weighted by atomic mass is 28.2. The van der Waals surface area contributed by atoms with Gasteiger partial charge in [0, 0.05) is 9.52 Å². The van der Waals surface area contributed by atoms with Gasteiger partial charge in [0.1, 0.15) is 0 Å². The van der Waals surface area contributed by atoms with E-state index in [2.05, 4.69) is 31.2 Å². The van der Waals surface area contributed by atoms with E-state index < -0.39 is 0 Å². The van der Waals surface area contributed by atoms with Gasteiger partial charge in [-0.25, -0.2) is 0 Å². The SMILES string of the molecule is CCCC[SiH2]C1C=CCC=C1. The molecule has 0 aromatic heterocycles. The molecule has 0 bridgehead atoms. The number of allylic oxidation sites excluding steroid dienone is 4. The third kappa shape index (κ3) is 3.56. The number of hydrogen-bond acceptors (Lipinski definition) is 0. The minimum absolute atomic E-state index is 0.181. The van der Waals surface area contributed by atoms with Crippen LogP contribution in [-0.2, 0) is 0 Å². The summed E-state index contributed by atoms with van der Waals surface area (Å²) in [6.45, 7) is 2.28. The predicted octanol–water partition coefficient (Wildman–Crippen LogP) is 2.68. The van der Waals surface area contributed by atoms with E-state index in [1.54, 1.807) is 0 Å². The van der Waals surface area contributed by atoms with Crippen LogP contribution in [0.5, 0.6) is 0 Å². The molecule has 0 nitrogen and oxygen atoms in total. The molecule has 0 spiro atoms. The van der Waals surface area contributed by atoms with Crippen molar-refractivity contribution in [1.82, 2.24) is 0 Å². The first-order valence-electron chi connectivity index (χ1n) is 4.77. The average Bonchev–Trinajstić information content (AvgIpc) is 2.07. The van der Waals surface area contributed by atoms with Crippen molar-refractivity contribution in [2.75, 3.05) is 0 Å². The van der Waals surface area contributed by atoms with E-state index in [1.807, 2.05) is 0 Å². The molecule has 0 unspecified atom stereocenters. The summed E-state index contributed by atoms with van der Waals surface area (Å²) >= 11 is 0. The normalized spacial score (nSPS) is 18.6. The highest BCUT2D eigenvalue weighted by molar-refractivity contribution is 6.39. The van der Waals surface area contributed by atoms with Crippen molar-refractivity contribution in [3.63, 3.8) is 0 Å². The van der Waals surface area contributed by atoms with Gasteiger partial charge < -0.3 is 0 Å². The fraction of sp³-hybridized carbons (Fsp3) is 0.600. The van der Waals surface area contributed by atoms with Crippen LogP contribution in [0, 0.1) is 0 Å². The summed E-state index contributed by atoms with van der Waals surface area (Å²) in [6.07, 6.45) is 13.4. The van der Waals surface area contributed by atoms with Crippen LogP contribution in [0.2, 0.25) is 11.6 Å². The lowest BCUT2D eigenvalue weighted by atomic mass is 10.2. The summed E-state index contributed by atoms with van der Waals surface area (Å²) in [6, 6.07) is 1.52. The van der Waals surface area contributed by atoms with Crippen LogP contribution in [0.25, 0.3) is 0 Å². The minimum atomic E-state index is 0.181. The monoisotopic (exact) mass is 166 g/mol. The minimum Gasteiger partial charge on any atom is -0.0847 e. The zero-order chi connectivity index (χ0) is 7.94. The molecule has 0 amide bonds. The zero-order valence-corrected chi connectivity index (χ0v) is 8.84. The van der Waals surface area contributed by atoms with Crippen LogP contribution in [0.15, 0.2) is 24.3 Å². The Kier molecular flexibility index (Phi) is 4.28. The van der Waals surface area contributed by atoms with Gasteiger partial charge in [0.15, 0.2) is 0 Å². The smallest absolute Gasteiger partial charge is 0.0327 e. The van der Waals surface area contributed by atoms with Crippen molar-refractivity contribution in [3.05, 3.63) is 24.3 Å². The van der Waals surface area contributed by atoms with Crippen LogP contribution in [0.4, 0.5) is 0 Å². The maximum Gasteiger partial charge on any atom is 0.0327 e. The van der Waals surface area contributed by atoms with E-state index >= 15 is 0 Å². The molecule has 0 radical (unpaired) electrons. The number of unbranched alkanes of at least 4 members (excludes halogenated alkanes) is 1. The lowest BCUT2D eigenvalue weighted by Gasteiger charge is -2.08. The van der Waals surface area contributed by atoms with Gasteiger partial charge in [0.05, 0.1) is 0 Å². The second-order valence-corrected chi connectivity index (χ2v) is 5.48. The van der Waals surface area contributed by atoms with E-state index in [-0.39, 0.29) is 9.52 Å². The van der Waals surface area contributed by atoms with Gasteiger partial charge in [-0.05, 0) is 12.0 Å². The third-order valence-electron chi connectivity index (χ3n) is 2.18. The van der Waals surface area contributed by atoms with Crippen molar-refractivity contribution in [3.8, 4) is 0 Å². The largest absolute Gasteiger partial charge is 0.0847 e. The van der Waals surface area contributed by atoms with E-state index in [4.69, 9.17) is 0 Å². The maximum atomic E-state index is 2.40. The standard InChI is InChI=1S/C10H18Si/c1-2-3-9-11-10-7-5-4-6-8-10/h5-8,10H,2-4,9,11H2,1H3. The van der Waals surface area contributed by atoms with Crippen LogP contribution < -0.4 is 0 Å². The summed E-state index contributed by atoms with van der Waals surface area (Å²) in [5.41, 5.74) is 0.885. The number of rotatable bonds is 4. The molecule has 1 aliphatic rings. The summed E-state index contributed by atoms with van der Waals surface area (Å²) in [7, 11) is 0.181. The first kappa shape index (κ1) is 8.79. The van der Waals surface area contributed by atoms with Crippen LogP contribution >= 0.6 is 0 Å². The molecule has 62 valence electrons. The lowest BCUT2D eigenvalue weighted by molar-refractivity contribution is 0.875. The molecule has 0 saturated heterocycles. The quantitative estimate of drug-likeness (QED) is 0.342. The molecule has 0 aromatic carbocycles. The molecule has 0 fully saturated rings. The Morgan fingerprint density at radius 2 is 2.09 bits per heavy atom. The Hall–Kier alpha value is -0.303. The lowest BCUT2D eigenvalue weighted by Crippen LogP contribution is -1.99. The summed E-state index contributed by atoms with van der Waals surface area (Å²) in [4.78, 5) is 0. The molecule has 0 aromatic rings. The molecule has 0 atom stereocenters. The Balaban J connectivity index is 2.10. The van der Waals surface area contributed by atoms with E-state index in [0.29, 0.717) is 0 Å². The maximum absolute atomic E-state index is 2.40. The van der Waals surface area contributed by atoms with Gasteiger partial charge in [-0.2, -0.15) is 0 Å². The van der Waals surface area contributed by atoms with Crippen molar-refractivity contribution < 1.29 is 0 Å². The van der Waals surface area contributed by atoms with Crippen LogP contribution in [0.1, 0.15) is 26.2 Å². The number of hydrogen-bond donors (Lipinski definition) is 0. The topological polar surface area (TPSA) is 0 Å². The Morgan fingerprint density at radius 1 is 1.36 bits per heavy atom. The third-order valence-corrected chi connectivity index (χ3v) is 4.30. The van der Waals surface area contributed by atoms with Crippen LogP contribution in [-0.4, -0.2) is 9.52 Å². The van der Waals surface area contributed by atoms with Gasteiger partial charge in [0.25, 0.3) is 0 Å². The molecule has 11 heavy (non-hydrogen) atoms. The fourth-order valence-corrected chi connectivity index (χ4v) is 3.50. The highest BCUT2D eigenvalue weighted by Gasteiger charge is 2.01. The summed E-state index contributed by atoms with van der Waals surface area (Å²) < 4.78 is 0. The summed E-state index contributed by atoms with van der Waals surface area (Å²) in [5.74, 6) is 0. The molecule has 1 aliphatic carbocycles. The van der Waals surface area contributed by atoms with Gasteiger partial charge in [0.2, 0.25) is 0 Å². The predicted molar refractivity (Wildman–Crippen MR) is 54.9 cm³/mol. The van der Waals surface area contributed by atoms with Crippen LogP contribution in [0.3, 0.4) is 0 Å². The Labute approximate surface area is 72.2 Å². The van der Waals surface area contributed by atoms with Gasteiger partial charge >= 0.3 is 0 Å². The Bertz CT molecular complexity index is 135. The molecular formula is C10H18Si. The molecule has 1 rings (SSSR count). The van der Waals surface area contributed by atoms with Crippen molar-refractivity contribution >= 4 is 9.52 Å². The van der Waals surface area contributed by atoms with Crippen molar-refractivity contribution in [1.29, 1.82) is 0 Å².